The van der Waals surface area contributed by atoms with Crippen LogP contribution in [0.3, 0.4) is 0 Å². The van der Waals surface area contributed by atoms with Crippen molar-refractivity contribution in [2.45, 2.75) is 44.6 Å². The van der Waals surface area contributed by atoms with Gasteiger partial charge in [0, 0.05) is 25.3 Å². The van der Waals surface area contributed by atoms with Gasteiger partial charge in [0.25, 0.3) is 0 Å². The van der Waals surface area contributed by atoms with E-state index in [2.05, 4.69) is 39.6 Å². The Balaban J connectivity index is 1.84. The third-order valence-corrected chi connectivity index (χ3v) is 3.70. The molecule has 0 bridgehead atoms. The van der Waals surface area contributed by atoms with Gasteiger partial charge in [0.1, 0.15) is 5.82 Å². The highest BCUT2D eigenvalue weighted by atomic mass is 15.2. The first-order valence-electron chi connectivity index (χ1n) is 7.72. The van der Waals surface area contributed by atoms with E-state index in [4.69, 9.17) is 0 Å². The highest BCUT2D eigenvalue weighted by molar-refractivity contribution is 5.40. The molecule has 1 heterocycles. The van der Waals surface area contributed by atoms with Crippen LogP contribution in [0.5, 0.6) is 0 Å². The molecule has 1 fully saturated rings. The summed E-state index contributed by atoms with van der Waals surface area (Å²) < 4.78 is 0. The van der Waals surface area contributed by atoms with Gasteiger partial charge in [-0.05, 0) is 33.0 Å². The highest BCUT2D eigenvalue weighted by Gasteiger charge is 2.12. The molecule has 0 aliphatic heterocycles. The van der Waals surface area contributed by atoms with E-state index in [0.29, 0.717) is 12.0 Å². The van der Waals surface area contributed by atoms with Crippen LogP contribution in [0.2, 0.25) is 0 Å². The number of likely N-dealkylation sites (N-methyl/N-ethyl adjacent to an activating group) is 1. The van der Waals surface area contributed by atoms with E-state index in [9.17, 15) is 0 Å². The first kappa shape index (κ1) is 15.0. The molecule has 5 nitrogen and oxygen atoms in total. The van der Waals surface area contributed by atoms with Gasteiger partial charge in [0.05, 0.1) is 0 Å². The van der Waals surface area contributed by atoms with Gasteiger partial charge in [-0.15, -0.1) is 0 Å². The molecule has 0 atom stereocenters. The summed E-state index contributed by atoms with van der Waals surface area (Å²) in [5.41, 5.74) is 0. The Hall–Kier alpha value is -1.36. The van der Waals surface area contributed by atoms with Crippen molar-refractivity contribution in [2.24, 2.45) is 0 Å². The fourth-order valence-electron chi connectivity index (χ4n) is 2.55. The van der Waals surface area contributed by atoms with Crippen molar-refractivity contribution in [2.75, 3.05) is 37.8 Å². The SMILES string of the molecule is CN(C)CCNc1nccc(NC2CCCCCC2)n1. The molecule has 0 unspecified atom stereocenters. The van der Waals surface area contributed by atoms with Crippen LogP contribution >= 0.6 is 0 Å². The molecule has 112 valence electrons. The Kier molecular flexibility index (Phi) is 6.05. The van der Waals surface area contributed by atoms with Gasteiger partial charge in [0.15, 0.2) is 0 Å². The molecule has 1 aliphatic carbocycles. The zero-order chi connectivity index (χ0) is 14.2. The largest absolute Gasteiger partial charge is 0.367 e. The molecule has 0 radical (unpaired) electrons. The number of nitrogens with zero attached hydrogens (tertiary/aromatic N) is 3. The Bertz CT molecular complexity index is 386. The number of rotatable bonds is 6. The van der Waals surface area contributed by atoms with Gasteiger partial charge in [-0.1, -0.05) is 25.7 Å². The Labute approximate surface area is 122 Å². The van der Waals surface area contributed by atoms with E-state index < -0.39 is 0 Å². The molecular formula is C15H27N5. The summed E-state index contributed by atoms with van der Waals surface area (Å²) in [5, 5.41) is 6.82. The van der Waals surface area contributed by atoms with Crippen LogP contribution in [0.25, 0.3) is 0 Å². The third kappa shape index (κ3) is 5.33. The molecule has 2 rings (SSSR count). The maximum Gasteiger partial charge on any atom is 0.224 e. The summed E-state index contributed by atoms with van der Waals surface area (Å²) in [6.45, 7) is 1.84. The molecule has 5 heteroatoms. The maximum absolute atomic E-state index is 4.54. The zero-order valence-corrected chi connectivity index (χ0v) is 12.7. The minimum Gasteiger partial charge on any atom is -0.367 e. The van der Waals surface area contributed by atoms with E-state index in [1.807, 2.05) is 12.3 Å². The fraction of sp³-hybridized carbons (Fsp3) is 0.733. The van der Waals surface area contributed by atoms with Crippen molar-refractivity contribution in [3.63, 3.8) is 0 Å². The lowest BCUT2D eigenvalue weighted by Gasteiger charge is -2.17. The average molecular weight is 277 g/mol. The number of hydrogen-bond acceptors (Lipinski definition) is 5. The minimum atomic E-state index is 0.571. The average Bonchev–Trinajstić information content (AvgIpc) is 2.67. The van der Waals surface area contributed by atoms with Crippen LogP contribution in [0, 0.1) is 0 Å². The fourth-order valence-corrected chi connectivity index (χ4v) is 2.55. The van der Waals surface area contributed by atoms with Crippen LogP contribution in [0.15, 0.2) is 12.3 Å². The van der Waals surface area contributed by atoms with Gasteiger partial charge in [-0.3, -0.25) is 0 Å². The van der Waals surface area contributed by atoms with Crippen LogP contribution in [-0.4, -0.2) is 48.1 Å². The van der Waals surface area contributed by atoms with Crippen molar-refractivity contribution in [3.8, 4) is 0 Å². The van der Waals surface area contributed by atoms with E-state index in [-0.39, 0.29) is 0 Å². The van der Waals surface area contributed by atoms with Gasteiger partial charge < -0.3 is 15.5 Å². The summed E-state index contributed by atoms with van der Waals surface area (Å²) in [6, 6.07) is 2.53. The first-order valence-corrected chi connectivity index (χ1v) is 7.72. The van der Waals surface area contributed by atoms with E-state index in [0.717, 1.165) is 18.9 Å². The Morgan fingerprint density at radius 2 is 1.95 bits per heavy atom. The van der Waals surface area contributed by atoms with Crippen LogP contribution < -0.4 is 10.6 Å². The van der Waals surface area contributed by atoms with Crippen molar-refractivity contribution in [1.82, 2.24) is 14.9 Å². The Morgan fingerprint density at radius 1 is 1.20 bits per heavy atom. The molecular weight excluding hydrogens is 250 g/mol. The van der Waals surface area contributed by atoms with Gasteiger partial charge in [-0.25, -0.2) is 4.98 Å². The lowest BCUT2D eigenvalue weighted by molar-refractivity contribution is 0.425. The topological polar surface area (TPSA) is 53.1 Å². The third-order valence-electron chi connectivity index (χ3n) is 3.70. The maximum atomic E-state index is 4.54. The molecule has 1 saturated carbocycles. The second-order valence-corrected chi connectivity index (χ2v) is 5.83. The zero-order valence-electron chi connectivity index (χ0n) is 12.7. The molecule has 0 amide bonds. The number of anilines is 2. The molecule has 20 heavy (non-hydrogen) atoms. The van der Waals surface area contributed by atoms with Gasteiger partial charge >= 0.3 is 0 Å². The second-order valence-electron chi connectivity index (χ2n) is 5.83. The quantitative estimate of drug-likeness (QED) is 0.783. The number of aromatic nitrogens is 2. The molecule has 0 saturated heterocycles. The van der Waals surface area contributed by atoms with Crippen molar-refractivity contribution in [1.29, 1.82) is 0 Å². The van der Waals surface area contributed by atoms with Crippen LogP contribution in [0.1, 0.15) is 38.5 Å². The lowest BCUT2D eigenvalue weighted by atomic mass is 10.1. The van der Waals surface area contributed by atoms with Gasteiger partial charge in [-0.2, -0.15) is 4.98 Å². The second kappa shape index (κ2) is 8.04. The van der Waals surface area contributed by atoms with E-state index >= 15 is 0 Å². The van der Waals surface area contributed by atoms with Crippen LogP contribution in [-0.2, 0) is 0 Å². The summed E-state index contributed by atoms with van der Waals surface area (Å²) >= 11 is 0. The molecule has 0 aromatic carbocycles. The lowest BCUT2D eigenvalue weighted by Crippen LogP contribution is -2.22. The summed E-state index contributed by atoms with van der Waals surface area (Å²) in [7, 11) is 4.12. The summed E-state index contributed by atoms with van der Waals surface area (Å²) in [5.74, 6) is 1.66. The minimum absolute atomic E-state index is 0.571. The number of hydrogen-bond donors (Lipinski definition) is 2. The van der Waals surface area contributed by atoms with Crippen molar-refractivity contribution < 1.29 is 0 Å². The predicted molar refractivity (Wildman–Crippen MR) is 84.2 cm³/mol. The van der Waals surface area contributed by atoms with Gasteiger partial charge in [0.2, 0.25) is 5.95 Å². The summed E-state index contributed by atoms with van der Waals surface area (Å²) in [4.78, 5) is 10.9. The number of nitrogens with one attached hydrogen (secondary N) is 2. The van der Waals surface area contributed by atoms with E-state index in [1.54, 1.807) is 0 Å². The van der Waals surface area contributed by atoms with Crippen molar-refractivity contribution in [3.05, 3.63) is 12.3 Å². The smallest absolute Gasteiger partial charge is 0.224 e. The Morgan fingerprint density at radius 3 is 2.65 bits per heavy atom. The molecule has 1 aliphatic rings. The predicted octanol–water partition coefficient (Wildman–Crippen LogP) is 2.58. The standard InChI is InChI=1S/C15H27N5/c1-20(2)12-11-17-15-16-10-9-14(19-15)18-13-7-5-3-4-6-8-13/h9-10,13H,3-8,11-12H2,1-2H3,(H2,16,17,18,19). The van der Waals surface area contributed by atoms with Crippen molar-refractivity contribution >= 4 is 11.8 Å². The normalized spacial score (nSPS) is 16.9. The monoisotopic (exact) mass is 277 g/mol. The van der Waals surface area contributed by atoms with E-state index in [1.165, 1.54) is 38.5 Å². The first-order chi connectivity index (χ1) is 9.74. The highest BCUT2D eigenvalue weighted by Crippen LogP contribution is 2.20. The van der Waals surface area contributed by atoms with Crippen LogP contribution in [0.4, 0.5) is 11.8 Å². The molecule has 2 N–H and O–H groups in total. The molecule has 0 spiro atoms. The molecule has 1 aromatic heterocycles. The molecule has 1 aromatic rings. The summed E-state index contributed by atoms with van der Waals surface area (Å²) in [6.07, 6.45) is 9.75.